The van der Waals surface area contributed by atoms with Gasteiger partial charge in [-0.2, -0.15) is 10.5 Å². The second-order valence-electron chi connectivity index (χ2n) is 9.28. The van der Waals surface area contributed by atoms with Gasteiger partial charge in [0.25, 0.3) is 0 Å². The molecule has 0 bridgehead atoms. The van der Waals surface area contributed by atoms with E-state index < -0.39 is 0 Å². The first-order valence-corrected chi connectivity index (χ1v) is 10.8. The van der Waals surface area contributed by atoms with E-state index in [1.165, 1.54) is 22.4 Å². The summed E-state index contributed by atoms with van der Waals surface area (Å²) in [6.45, 7) is 6.70. The summed E-state index contributed by atoms with van der Waals surface area (Å²) < 4.78 is 0. The van der Waals surface area contributed by atoms with Crippen molar-refractivity contribution in [2.24, 2.45) is 0 Å². The molecule has 3 nitrogen and oxygen atoms in total. The van der Waals surface area contributed by atoms with Crippen LogP contribution >= 0.6 is 0 Å². The van der Waals surface area contributed by atoms with Gasteiger partial charge in [-0.3, -0.25) is 0 Å². The molecule has 0 aromatic heterocycles. The highest BCUT2D eigenvalue weighted by atomic mass is 15.2. The van der Waals surface area contributed by atoms with E-state index in [4.69, 9.17) is 10.5 Å². The van der Waals surface area contributed by atoms with Crippen molar-refractivity contribution in [3.8, 4) is 12.1 Å². The minimum atomic E-state index is 0.114. The van der Waals surface area contributed by atoms with Gasteiger partial charge in [0.2, 0.25) is 0 Å². The third-order valence-electron chi connectivity index (χ3n) is 6.27. The molecule has 2 unspecified atom stereocenters. The first kappa shape index (κ1) is 20.7. The van der Waals surface area contributed by atoms with E-state index in [9.17, 15) is 0 Å². The maximum Gasteiger partial charge on any atom is 0.0991 e. The average Bonchev–Trinajstić information content (AvgIpc) is 3.24. The maximum atomic E-state index is 9.17. The van der Waals surface area contributed by atoms with E-state index in [0.717, 1.165) is 12.8 Å². The molecule has 2 atom stereocenters. The molecule has 0 spiro atoms. The molecular formula is C28H27N3. The van der Waals surface area contributed by atoms with Crippen molar-refractivity contribution in [3.63, 3.8) is 0 Å². The van der Waals surface area contributed by atoms with Crippen LogP contribution in [0.15, 0.2) is 72.8 Å². The molecule has 31 heavy (non-hydrogen) atoms. The van der Waals surface area contributed by atoms with Gasteiger partial charge in [0.05, 0.1) is 35.3 Å². The zero-order valence-corrected chi connectivity index (χ0v) is 18.3. The third-order valence-corrected chi connectivity index (χ3v) is 6.27. The molecule has 0 radical (unpaired) electrons. The van der Waals surface area contributed by atoms with Crippen LogP contribution in [-0.4, -0.2) is 0 Å². The van der Waals surface area contributed by atoms with Crippen LogP contribution in [0.2, 0.25) is 0 Å². The van der Waals surface area contributed by atoms with Crippen molar-refractivity contribution in [1.82, 2.24) is 0 Å². The zero-order valence-electron chi connectivity index (χ0n) is 18.3. The molecule has 3 heteroatoms. The van der Waals surface area contributed by atoms with Gasteiger partial charge in [0, 0.05) is 5.69 Å². The van der Waals surface area contributed by atoms with Crippen LogP contribution < -0.4 is 4.90 Å². The number of rotatable bonds is 3. The van der Waals surface area contributed by atoms with Crippen molar-refractivity contribution in [2.75, 3.05) is 4.90 Å². The Morgan fingerprint density at radius 2 is 1.10 bits per heavy atom. The minimum absolute atomic E-state index is 0.114. The first-order valence-electron chi connectivity index (χ1n) is 10.8. The third kappa shape index (κ3) is 4.18. The number of anilines is 1. The zero-order chi connectivity index (χ0) is 22.0. The molecule has 4 rings (SSSR count). The van der Waals surface area contributed by atoms with Crippen LogP contribution in [0.3, 0.4) is 0 Å². The molecule has 0 saturated carbocycles. The fourth-order valence-electron chi connectivity index (χ4n) is 4.52. The van der Waals surface area contributed by atoms with E-state index >= 15 is 0 Å². The van der Waals surface area contributed by atoms with E-state index in [1.54, 1.807) is 0 Å². The molecule has 1 aliphatic heterocycles. The lowest BCUT2D eigenvalue weighted by Crippen LogP contribution is -2.26. The Morgan fingerprint density at radius 1 is 0.677 bits per heavy atom. The summed E-state index contributed by atoms with van der Waals surface area (Å²) in [4.78, 5) is 2.51. The summed E-state index contributed by atoms with van der Waals surface area (Å²) in [6.07, 6.45) is 2.08. The molecule has 154 valence electrons. The van der Waals surface area contributed by atoms with Crippen LogP contribution in [-0.2, 0) is 5.41 Å². The molecule has 0 N–H and O–H groups in total. The average molecular weight is 406 g/mol. The van der Waals surface area contributed by atoms with E-state index in [-0.39, 0.29) is 17.5 Å². The van der Waals surface area contributed by atoms with Gasteiger partial charge in [0.15, 0.2) is 0 Å². The number of nitriles is 2. The predicted molar refractivity (Wildman–Crippen MR) is 125 cm³/mol. The van der Waals surface area contributed by atoms with E-state index in [1.807, 2.05) is 24.3 Å². The van der Waals surface area contributed by atoms with Crippen molar-refractivity contribution < 1.29 is 0 Å². The van der Waals surface area contributed by atoms with Gasteiger partial charge in [-0.25, -0.2) is 0 Å². The number of nitrogens with zero attached hydrogens (tertiary/aromatic N) is 3. The monoisotopic (exact) mass is 405 g/mol. The smallest absolute Gasteiger partial charge is 0.0991 e. The standard InChI is InChI=1S/C28H27N3/c1-28(2,3)24-12-14-25(15-13-24)31-26(22-8-4-20(18-29)5-9-22)16-17-27(31)23-10-6-21(19-30)7-11-23/h4-15,26-27H,16-17H2,1-3H3. The van der Waals surface area contributed by atoms with Crippen LogP contribution in [0.25, 0.3) is 0 Å². The summed E-state index contributed by atoms with van der Waals surface area (Å²) in [5.41, 5.74) is 6.47. The van der Waals surface area contributed by atoms with Crippen LogP contribution in [0.1, 0.15) is 73.5 Å². The second-order valence-corrected chi connectivity index (χ2v) is 9.28. The van der Waals surface area contributed by atoms with Gasteiger partial charge in [0.1, 0.15) is 0 Å². The molecule has 1 saturated heterocycles. The lowest BCUT2D eigenvalue weighted by Gasteiger charge is -2.34. The highest BCUT2D eigenvalue weighted by molar-refractivity contribution is 5.55. The van der Waals surface area contributed by atoms with E-state index in [0.29, 0.717) is 11.1 Å². The quantitative estimate of drug-likeness (QED) is 0.481. The Morgan fingerprint density at radius 3 is 1.45 bits per heavy atom. The van der Waals surface area contributed by atoms with Gasteiger partial charge in [-0.1, -0.05) is 57.2 Å². The summed E-state index contributed by atoms with van der Waals surface area (Å²) in [5.74, 6) is 0. The Bertz CT molecular complexity index is 1060. The number of benzene rings is 3. The minimum Gasteiger partial charge on any atom is -0.357 e. The van der Waals surface area contributed by atoms with Crippen molar-refractivity contribution >= 4 is 5.69 Å². The first-order chi connectivity index (χ1) is 14.9. The topological polar surface area (TPSA) is 50.8 Å². The highest BCUT2D eigenvalue weighted by Gasteiger charge is 2.35. The maximum absolute atomic E-state index is 9.17. The van der Waals surface area contributed by atoms with Gasteiger partial charge >= 0.3 is 0 Å². The van der Waals surface area contributed by atoms with E-state index in [2.05, 4.69) is 86.3 Å². The SMILES string of the molecule is CC(C)(C)c1ccc(N2C(c3ccc(C#N)cc3)CCC2c2ccc(C#N)cc2)cc1. The van der Waals surface area contributed by atoms with Gasteiger partial charge < -0.3 is 4.90 Å². The molecule has 0 amide bonds. The normalized spacial score (nSPS) is 18.4. The van der Waals surface area contributed by atoms with Gasteiger partial charge in [-0.15, -0.1) is 0 Å². The summed E-state index contributed by atoms with van der Waals surface area (Å²) in [5, 5.41) is 18.3. The van der Waals surface area contributed by atoms with Crippen molar-refractivity contribution in [1.29, 1.82) is 10.5 Å². The molecule has 1 aliphatic rings. The molecular weight excluding hydrogens is 378 g/mol. The highest BCUT2D eigenvalue weighted by Crippen LogP contribution is 2.47. The Balaban J connectivity index is 1.74. The molecule has 1 heterocycles. The van der Waals surface area contributed by atoms with Crippen LogP contribution in [0.5, 0.6) is 0 Å². The Hall–Kier alpha value is -3.56. The Labute approximate surface area is 185 Å². The predicted octanol–water partition coefficient (Wildman–Crippen LogP) is 6.81. The summed E-state index contributed by atoms with van der Waals surface area (Å²) >= 11 is 0. The lowest BCUT2D eigenvalue weighted by molar-refractivity contribution is 0.589. The molecule has 3 aromatic carbocycles. The lowest BCUT2D eigenvalue weighted by atomic mass is 9.87. The molecule has 0 aliphatic carbocycles. The second kappa shape index (κ2) is 8.29. The summed E-state index contributed by atoms with van der Waals surface area (Å²) in [7, 11) is 0. The molecule has 1 fully saturated rings. The number of hydrogen-bond donors (Lipinski definition) is 0. The fourth-order valence-corrected chi connectivity index (χ4v) is 4.52. The van der Waals surface area contributed by atoms with Crippen LogP contribution in [0, 0.1) is 22.7 Å². The van der Waals surface area contributed by atoms with Crippen molar-refractivity contribution in [3.05, 3.63) is 101 Å². The Kier molecular flexibility index (Phi) is 5.53. The number of hydrogen-bond acceptors (Lipinski definition) is 3. The fraction of sp³-hybridized carbons (Fsp3) is 0.286. The molecule has 3 aromatic rings. The van der Waals surface area contributed by atoms with Crippen LogP contribution in [0.4, 0.5) is 5.69 Å². The van der Waals surface area contributed by atoms with Gasteiger partial charge in [-0.05, 0) is 71.3 Å². The summed E-state index contributed by atoms with van der Waals surface area (Å²) in [6, 6.07) is 29.8. The largest absolute Gasteiger partial charge is 0.357 e. The van der Waals surface area contributed by atoms with Crippen molar-refractivity contribution in [2.45, 2.75) is 51.1 Å².